The molecule has 0 unspecified atom stereocenters. The van der Waals surface area contributed by atoms with Gasteiger partial charge in [0.05, 0.1) is 4.75 Å². The minimum Gasteiger partial charge on any atom is -0.378 e. The molecule has 2 N–H and O–H groups in total. The van der Waals surface area contributed by atoms with Crippen LogP contribution >= 0.6 is 23.4 Å². The Hall–Kier alpha value is -2.17. The lowest BCUT2D eigenvalue weighted by Gasteiger charge is -2.34. The van der Waals surface area contributed by atoms with Crippen molar-refractivity contribution in [2.75, 3.05) is 13.3 Å². The number of amidine groups is 1. The lowest BCUT2D eigenvalue weighted by molar-refractivity contribution is 0.257. The van der Waals surface area contributed by atoms with Crippen molar-refractivity contribution in [3.05, 3.63) is 64.2 Å². The first-order valence-corrected chi connectivity index (χ1v) is 9.72. The third kappa shape index (κ3) is 3.15. The summed E-state index contributed by atoms with van der Waals surface area (Å²) in [6.45, 7) is -1.63. The van der Waals surface area contributed by atoms with E-state index in [1.54, 1.807) is 12.1 Å². The minimum absolute atomic E-state index is 0.0458. The Morgan fingerprint density at radius 2 is 2.04 bits per heavy atom. The summed E-state index contributed by atoms with van der Waals surface area (Å²) in [6.07, 6.45) is 1.92. The van der Waals surface area contributed by atoms with Crippen molar-refractivity contribution in [3.63, 3.8) is 0 Å². The van der Waals surface area contributed by atoms with Crippen LogP contribution in [-0.2, 0) is 5.54 Å². The van der Waals surface area contributed by atoms with Gasteiger partial charge in [0.2, 0.25) is 0 Å². The molecule has 0 saturated heterocycles. The van der Waals surface area contributed by atoms with E-state index < -0.39 is 35.4 Å². The van der Waals surface area contributed by atoms with Crippen LogP contribution in [0.25, 0.3) is 0 Å². The van der Waals surface area contributed by atoms with Gasteiger partial charge >= 0.3 is 0 Å². The molecule has 2 heterocycles. The standard InChI is InChI=1S/C20H15ClF3N3S/c21-13-5-6-26-14(8-13)3-1-12-2-4-16(24)15(7-12)20(11-23)17-9-19(17,10-22)28-18(25)27-20/h2,4-8,17H,9-11H2,(H2,25,27)/t17-,19-,20-/m1/s1. The number of rotatable bonds is 3. The highest BCUT2D eigenvalue weighted by atomic mass is 35.5. The second-order valence-corrected chi connectivity index (χ2v) is 8.74. The van der Waals surface area contributed by atoms with Crippen molar-refractivity contribution in [1.29, 1.82) is 0 Å². The molecule has 0 spiro atoms. The van der Waals surface area contributed by atoms with Crippen LogP contribution in [0.15, 0.2) is 41.5 Å². The molecular weight excluding hydrogens is 407 g/mol. The van der Waals surface area contributed by atoms with Gasteiger partial charge in [-0.3, -0.25) is 0 Å². The summed E-state index contributed by atoms with van der Waals surface area (Å²) in [5, 5.41) is 0.569. The van der Waals surface area contributed by atoms with Crippen LogP contribution in [0.4, 0.5) is 13.2 Å². The van der Waals surface area contributed by atoms with E-state index in [4.69, 9.17) is 17.3 Å². The third-order valence-corrected chi connectivity index (χ3v) is 6.64. The summed E-state index contributed by atoms with van der Waals surface area (Å²) in [5.41, 5.74) is 5.28. The number of aromatic nitrogens is 1. The molecule has 0 amide bonds. The maximum absolute atomic E-state index is 14.7. The van der Waals surface area contributed by atoms with Crippen molar-refractivity contribution in [2.45, 2.75) is 16.7 Å². The zero-order chi connectivity index (χ0) is 19.9. The molecular formula is C20H15ClF3N3S. The Bertz CT molecular complexity index is 1030. The van der Waals surface area contributed by atoms with Gasteiger partial charge in [0.1, 0.15) is 30.4 Å². The van der Waals surface area contributed by atoms with Crippen LogP contribution in [0, 0.1) is 23.6 Å². The molecule has 1 aliphatic carbocycles. The number of pyridine rings is 1. The number of hydrogen-bond acceptors (Lipinski definition) is 4. The average Bonchev–Trinajstić information content (AvgIpc) is 3.42. The molecule has 0 bridgehead atoms. The van der Waals surface area contributed by atoms with E-state index in [-0.39, 0.29) is 10.7 Å². The number of hydrogen-bond donors (Lipinski definition) is 1. The first-order valence-electron chi connectivity index (χ1n) is 8.52. The van der Waals surface area contributed by atoms with Crippen LogP contribution in [0.5, 0.6) is 0 Å². The number of nitrogens with two attached hydrogens (primary N) is 1. The van der Waals surface area contributed by atoms with Crippen LogP contribution < -0.4 is 5.73 Å². The van der Waals surface area contributed by atoms with Crippen molar-refractivity contribution < 1.29 is 13.2 Å². The lowest BCUT2D eigenvalue weighted by atomic mass is 9.84. The number of fused-ring (bicyclic) bond motifs is 1. The van der Waals surface area contributed by atoms with Crippen LogP contribution in [0.1, 0.15) is 23.2 Å². The van der Waals surface area contributed by atoms with E-state index in [1.165, 1.54) is 24.4 Å². The molecule has 4 rings (SSSR count). The third-order valence-electron chi connectivity index (χ3n) is 5.14. The summed E-state index contributed by atoms with van der Waals surface area (Å²) < 4.78 is 41.7. The molecule has 1 aromatic carbocycles. The number of halogens is 4. The molecule has 3 nitrogen and oxygen atoms in total. The van der Waals surface area contributed by atoms with E-state index in [0.29, 0.717) is 22.7 Å². The molecule has 1 saturated carbocycles. The Labute approximate surface area is 169 Å². The quantitative estimate of drug-likeness (QED) is 0.754. The Morgan fingerprint density at radius 3 is 2.75 bits per heavy atom. The Morgan fingerprint density at radius 1 is 1.21 bits per heavy atom. The van der Waals surface area contributed by atoms with Gasteiger partial charge < -0.3 is 5.73 Å². The van der Waals surface area contributed by atoms with Gasteiger partial charge in [-0.1, -0.05) is 29.3 Å². The first kappa shape index (κ1) is 19.2. The molecule has 28 heavy (non-hydrogen) atoms. The van der Waals surface area contributed by atoms with Gasteiger partial charge in [0.15, 0.2) is 5.17 Å². The molecule has 2 aromatic rings. The van der Waals surface area contributed by atoms with Gasteiger partial charge in [-0.15, -0.1) is 0 Å². The van der Waals surface area contributed by atoms with Gasteiger partial charge in [-0.25, -0.2) is 23.1 Å². The predicted molar refractivity (Wildman–Crippen MR) is 105 cm³/mol. The lowest BCUT2D eigenvalue weighted by Crippen LogP contribution is -2.40. The fraction of sp³-hybridized carbons (Fsp3) is 0.300. The summed E-state index contributed by atoms with van der Waals surface area (Å²) in [5.74, 6) is 4.65. The highest BCUT2D eigenvalue weighted by molar-refractivity contribution is 8.15. The van der Waals surface area contributed by atoms with Gasteiger partial charge in [-0.2, -0.15) is 0 Å². The van der Waals surface area contributed by atoms with Crippen LogP contribution in [-0.4, -0.2) is 28.2 Å². The van der Waals surface area contributed by atoms with Crippen molar-refractivity contribution >= 4 is 28.5 Å². The summed E-state index contributed by atoms with van der Waals surface area (Å²) in [6, 6.07) is 7.40. The maximum Gasteiger partial charge on any atom is 0.155 e. The maximum atomic E-state index is 14.7. The second kappa shape index (κ2) is 7.02. The van der Waals surface area contributed by atoms with E-state index >= 15 is 0 Å². The van der Waals surface area contributed by atoms with Gasteiger partial charge in [0, 0.05) is 28.3 Å². The molecule has 8 heteroatoms. The molecule has 2 aliphatic rings. The molecule has 0 radical (unpaired) electrons. The van der Waals surface area contributed by atoms with Gasteiger partial charge in [-0.05, 0) is 42.7 Å². The normalized spacial score (nSPS) is 28.0. The number of nitrogens with zero attached hydrogens (tertiary/aromatic N) is 2. The fourth-order valence-corrected chi connectivity index (χ4v) is 5.10. The Balaban J connectivity index is 1.76. The van der Waals surface area contributed by atoms with Crippen molar-refractivity contribution in [2.24, 2.45) is 16.6 Å². The monoisotopic (exact) mass is 421 g/mol. The zero-order valence-electron chi connectivity index (χ0n) is 14.6. The predicted octanol–water partition coefficient (Wildman–Crippen LogP) is 4.23. The largest absolute Gasteiger partial charge is 0.378 e. The van der Waals surface area contributed by atoms with Crippen LogP contribution in [0.3, 0.4) is 0 Å². The van der Waals surface area contributed by atoms with E-state index in [2.05, 4.69) is 21.8 Å². The van der Waals surface area contributed by atoms with E-state index in [9.17, 15) is 13.2 Å². The molecule has 1 aliphatic heterocycles. The first-order chi connectivity index (χ1) is 13.4. The van der Waals surface area contributed by atoms with E-state index in [1.807, 2.05) is 0 Å². The number of aliphatic imine (C=N–C) groups is 1. The summed E-state index contributed by atoms with van der Waals surface area (Å²) in [4.78, 5) is 8.34. The van der Waals surface area contributed by atoms with Gasteiger partial charge in [0.25, 0.3) is 0 Å². The number of alkyl halides is 2. The minimum atomic E-state index is -1.53. The topological polar surface area (TPSA) is 51.3 Å². The highest BCUT2D eigenvalue weighted by Gasteiger charge is 2.68. The fourth-order valence-electron chi connectivity index (χ4n) is 3.67. The summed E-state index contributed by atoms with van der Waals surface area (Å²) >= 11 is 7.02. The van der Waals surface area contributed by atoms with E-state index in [0.717, 1.165) is 11.8 Å². The summed E-state index contributed by atoms with van der Waals surface area (Å²) in [7, 11) is 0. The zero-order valence-corrected chi connectivity index (χ0v) is 16.1. The number of benzene rings is 1. The highest BCUT2D eigenvalue weighted by Crippen LogP contribution is 2.66. The Kier molecular flexibility index (Phi) is 4.80. The van der Waals surface area contributed by atoms with Crippen molar-refractivity contribution in [3.8, 4) is 11.8 Å². The molecule has 1 fully saturated rings. The molecule has 144 valence electrons. The van der Waals surface area contributed by atoms with Crippen molar-refractivity contribution in [1.82, 2.24) is 4.98 Å². The molecule has 1 aromatic heterocycles. The van der Waals surface area contributed by atoms with Crippen LogP contribution in [0.2, 0.25) is 5.02 Å². The smallest absolute Gasteiger partial charge is 0.155 e. The second-order valence-electron chi connectivity index (χ2n) is 6.87. The number of thioether (sulfide) groups is 1. The SMILES string of the molecule is NC1=N[C@](CF)(c2cc(C#Cc3cc(Cl)ccn3)ccc2F)[C@@H]2C[C@]2(CF)S1. The molecule has 3 atom stereocenters. The average molecular weight is 422 g/mol.